The summed E-state index contributed by atoms with van der Waals surface area (Å²) in [6.45, 7) is -0.130. The third-order valence-electron chi connectivity index (χ3n) is 4.73. The topological polar surface area (TPSA) is 96.2 Å². The Morgan fingerprint density at radius 2 is 2.16 bits per heavy atom. The SMILES string of the molecule is C1=CSCC1.NC(=O)c1cc2ccc(C3CCC3)c(CO)c2[nH]c1=O. The largest absolute Gasteiger partial charge is 0.392 e. The van der Waals surface area contributed by atoms with Crippen molar-refractivity contribution in [2.75, 3.05) is 5.75 Å². The molecule has 0 spiro atoms. The maximum atomic E-state index is 11.9. The van der Waals surface area contributed by atoms with Gasteiger partial charge in [-0.3, -0.25) is 9.59 Å². The predicted octanol–water partition coefficient (Wildman–Crippen LogP) is 3.02. The van der Waals surface area contributed by atoms with E-state index < -0.39 is 11.5 Å². The second kappa shape index (κ2) is 7.89. The number of allylic oxidation sites excluding steroid dienone is 1. The second-order valence-corrected chi connectivity index (χ2v) is 7.30. The molecule has 5 nitrogen and oxygen atoms in total. The van der Waals surface area contributed by atoms with E-state index >= 15 is 0 Å². The van der Waals surface area contributed by atoms with Crippen LogP contribution in [0.1, 0.15) is 53.1 Å². The number of fused-ring (bicyclic) bond motifs is 1. The smallest absolute Gasteiger partial charge is 0.261 e. The van der Waals surface area contributed by atoms with E-state index in [2.05, 4.69) is 16.5 Å². The minimum absolute atomic E-state index is 0.0576. The molecule has 0 atom stereocenters. The first-order valence-corrected chi connectivity index (χ1v) is 9.52. The fraction of sp³-hybridized carbons (Fsp3) is 0.368. The van der Waals surface area contributed by atoms with E-state index in [0.29, 0.717) is 16.8 Å². The van der Waals surface area contributed by atoms with Gasteiger partial charge in [-0.15, -0.1) is 11.8 Å². The number of thioether (sulfide) groups is 1. The summed E-state index contributed by atoms with van der Waals surface area (Å²) < 4.78 is 0. The lowest BCUT2D eigenvalue weighted by atomic mass is 9.78. The van der Waals surface area contributed by atoms with Gasteiger partial charge in [-0.05, 0) is 47.6 Å². The summed E-state index contributed by atoms with van der Waals surface area (Å²) in [6, 6.07) is 5.32. The molecule has 0 saturated heterocycles. The van der Waals surface area contributed by atoms with Gasteiger partial charge in [0, 0.05) is 11.3 Å². The van der Waals surface area contributed by atoms with Gasteiger partial charge in [0.1, 0.15) is 5.56 Å². The Kier molecular flexibility index (Phi) is 5.60. The maximum absolute atomic E-state index is 11.9. The number of aromatic nitrogens is 1. The summed E-state index contributed by atoms with van der Waals surface area (Å²) in [5.74, 6) is 1.02. The van der Waals surface area contributed by atoms with Gasteiger partial charge in [0.25, 0.3) is 11.5 Å². The number of pyridine rings is 1. The van der Waals surface area contributed by atoms with Gasteiger partial charge in [-0.1, -0.05) is 24.6 Å². The zero-order chi connectivity index (χ0) is 17.8. The predicted molar refractivity (Wildman–Crippen MR) is 102 cm³/mol. The van der Waals surface area contributed by atoms with Crippen LogP contribution < -0.4 is 11.3 Å². The Labute approximate surface area is 150 Å². The molecular formula is C19H22N2O3S. The van der Waals surface area contributed by atoms with E-state index in [4.69, 9.17) is 5.73 Å². The number of carbonyl (C=O) groups is 1. The molecule has 1 aromatic carbocycles. The molecular weight excluding hydrogens is 336 g/mol. The Balaban J connectivity index is 0.000000314. The molecule has 4 rings (SSSR count). The van der Waals surface area contributed by atoms with Crippen LogP contribution in [0.15, 0.2) is 34.5 Å². The fourth-order valence-corrected chi connectivity index (χ4v) is 3.83. The number of aromatic amines is 1. The van der Waals surface area contributed by atoms with Crippen LogP contribution >= 0.6 is 11.8 Å². The molecule has 0 radical (unpaired) electrons. The summed E-state index contributed by atoms with van der Waals surface area (Å²) in [6.07, 6.45) is 6.91. The molecule has 2 aliphatic rings. The van der Waals surface area contributed by atoms with Crippen molar-refractivity contribution >= 4 is 28.6 Å². The molecule has 1 aromatic heterocycles. The third-order valence-corrected chi connectivity index (χ3v) is 5.58. The van der Waals surface area contributed by atoms with Crippen molar-refractivity contribution in [3.63, 3.8) is 0 Å². The zero-order valence-electron chi connectivity index (χ0n) is 14.0. The Hall–Kier alpha value is -2.05. The molecule has 1 aliphatic carbocycles. The molecule has 132 valence electrons. The lowest BCUT2D eigenvalue weighted by Gasteiger charge is -2.28. The number of primary amides is 1. The van der Waals surface area contributed by atoms with E-state index in [1.54, 1.807) is 0 Å². The second-order valence-electron chi connectivity index (χ2n) is 6.29. The summed E-state index contributed by atoms with van der Waals surface area (Å²) >= 11 is 1.89. The summed E-state index contributed by atoms with van der Waals surface area (Å²) in [5, 5.41) is 12.5. The molecule has 6 heteroatoms. The summed E-state index contributed by atoms with van der Waals surface area (Å²) in [4.78, 5) is 25.8. The molecule has 2 heterocycles. The lowest BCUT2D eigenvalue weighted by Crippen LogP contribution is -2.23. The molecule has 1 fully saturated rings. The van der Waals surface area contributed by atoms with E-state index in [-0.39, 0.29) is 12.2 Å². The molecule has 25 heavy (non-hydrogen) atoms. The monoisotopic (exact) mass is 358 g/mol. The first kappa shape index (κ1) is 17.8. The van der Waals surface area contributed by atoms with Crippen molar-refractivity contribution in [3.05, 3.63) is 56.7 Å². The highest BCUT2D eigenvalue weighted by Crippen LogP contribution is 2.39. The number of aliphatic hydroxyl groups is 1. The van der Waals surface area contributed by atoms with Crippen molar-refractivity contribution < 1.29 is 9.90 Å². The lowest BCUT2D eigenvalue weighted by molar-refractivity contribution is 0.0999. The Morgan fingerprint density at radius 3 is 2.64 bits per heavy atom. The van der Waals surface area contributed by atoms with Crippen molar-refractivity contribution in [1.29, 1.82) is 0 Å². The standard InChI is InChI=1S/C15H16N2O3.C4H6S/c16-14(19)11-6-9-4-5-10(8-2-1-3-8)12(7-18)13(9)17-15(11)20;1-2-4-5-3-1/h4-6,8,18H,1-3,7H2,(H2,16,19)(H,17,20);1,3H,2,4H2. The minimum Gasteiger partial charge on any atom is -0.392 e. The number of hydrogen-bond acceptors (Lipinski definition) is 4. The van der Waals surface area contributed by atoms with Crippen molar-refractivity contribution in [2.45, 2.75) is 38.2 Å². The molecule has 2 aromatic rings. The third kappa shape index (κ3) is 3.80. The van der Waals surface area contributed by atoms with Gasteiger partial charge < -0.3 is 15.8 Å². The van der Waals surface area contributed by atoms with Gasteiger partial charge in [0.05, 0.1) is 12.1 Å². The van der Waals surface area contributed by atoms with E-state index in [9.17, 15) is 14.7 Å². The molecule has 0 unspecified atom stereocenters. The maximum Gasteiger partial charge on any atom is 0.261 e. The Bertz CT molecular complexity index is 863. The highest BCUT2D eigenvalue weighted by atomic mass is 32.2. The van der Waals surface area contributed by atoms with Crippen LogP contribution in [0.3, 0.4) is 0 Å². The van der Waals surface area contributed by atoms with Crippen LogP contribution in [0, 0.1) is 0 Å². The molecule has 1 aliphatic heterocycles. The number of carbonyl (C=O) groups excluding carboxylic acids is 1. The van der Waals surface area contributed by atoms with Crippen LogP contribution in [0.4, 0.5) is 0 Å². The van der Waals surface area contributed by atoms with Crippen molar-refractivity contribution in [2.24, 2.45) is 5.73 Å². The number of amides is 1. The number of benzene rings is 1. The van der Waals surface area contributed by atoms with Gasteiger partial charge in [0.2, 0.25) is 0 Å². The normalized spacial score (nSPS) is 16.4. The quantitative estimate of drug-likeness (QED) is 0.786. The van der Waals surface area contributed by atoms with E-state index in [1.165, 1.54) is 24.7 Å². The number of rotatable bonds is 3. The zero-order valence-corrected chi connectivity index (χ0v) is 14.8. The van der Waals surface area contributed by atoms with Crippen LogP contribution in [0.25, 0.3) is 10.9 Å². The number of hydrogen-bond donors (Lipinski definition) is 3. The summed E-state index contributed by atoms with van der Waals surface area (Å²) in [7, 11) is 0. The number of H-pyrrole nitrogens is 1. The van der Waals surface area contributed by atoms with Crippen LogP contribution in [-0.2, 0) is 6.61 Å². The van der Waals surface area contributed by atoms with Crippen LogP contribution in [0.5, 0.6) is 0 Å². The highest BCUT2D eigenvalue weighted by molar-refractivity contribution is 8.02. The van der Waals surface area contributed by atoms with E-state index in [1.807, 2.05) is 23.9 Å². The molecule has 0 bridgehead atoms. The summed E-state index contributed by atoms with van der Waals surface area (Å²) in [5.41, 5.74) is 7.06. The number of nitrogens with one attached hydrogen (secondary N) is 1. The fourth-order valence-electron chi connectivity index (χ4n) is 3.15. The Morgan fingerprint density at radius 1 is 1.36 bits per heavy atom. The van der Waals surface area contributed by atoms with Gasteiger partial charge in [0.15, 0.2) is 0 Å². The number of nitrogens with two attached hydrogens (primary N) is 1. The highest BCUT2D eigenvalue weighted by Gasteiger charge is 2.23. The molecule has 1 saturated carbocycles. The average molecular weight is 358 g/mol. The number of aliphatic hydroxyl groups excluding tert-OH is 1. The van der Waals surface area contributed by atoms with Crippen LogP contribution in [0.2, 0.25) is 0 Å². The average Bonchev–Trinajstić information content (AvgIpc) is 3.12. The van der Waals surface area contributed by atoms with Crippen molar-refractivity contribution in [3.8, 4) is 0 Å². The molecule has 1 amide bonds. The van der Waals surface area contributed by atoms with Gasteiger partial charge in [-0.2, -0.15) is 0 Å². The van der Waals surface area contributed by atoms with Gasteiger partial charge >= 0.3 is 0 Å². The van der Waals surface area contributed by atoms with E-state index in [0.717, 1.165) is 24.0 Å². The molecule has 4 N–H and O–H groups in total. The van der Waals surface area contributed by atoms with Crippen LogP contribution in [-0.4, -0.2) is 21.8 Å². The first-order chi connectivity index (χ1) is 12.1. The van der Waals surface area contributed by atoms with Gasteiger partial charge in [-0.25, -0.2) is 0 Å². The van der Waals surface area contributed by atoms with Crippen molar-refractivity contribution in [1.82, 2.24) is 4.98 Å². The minimum atomic E-state index is -0.748. The first-order valence-electron chi connectivity index (χ1n) is 8.48.